The molecule has 2 fully saturated rings. The maximum absolute atomic E-state index is 12.5. The summed E-state index contributed by atoms with van der Waals surface area (Å²) in [5, 5.41) is 6.71. The number of piperidine rings is 1. The van der Waals surface area contributed by atoms with E-state index >= 15 is 0 Å². The smallest absolute Gasteiger partial charge is 0.237 e. The molecule has 25 heavy (non-hydrogen) atoms. The normalized spacial score (nSPS) is 25.6. The van der Waals surface area contributed by atoms with E-state index in [-0.39, 0.29) is 18.1 Å². The van der Waals surface area contributed by atoms with E-state index < -0.39 is 0 Å². The lowest BCUT2D eigenvalue weighted by atomic mass is 10.0. The van der Waals surface area contributed by atoms with Gasteiger partial charge >= 0.3 is 0 Å². The summed E-state index contributed by atoms with van der Waals surface area (Å²) in [6, 6.07) is 10.9. The number of hydrogen-bond donors (Lipinski definition) is 2. The molecule has 0 radical (unpaired) electrons. The van der Waals surface area contributed by atoms with E-state index in [4.69, 9.17) is 4.74 Å². The molecule has 0 saturated carbocycles. The van der Waals surface area contributed by atoms with Gasteiger partial charge in [-0.25, -0.2) is 0 Å². The molecular formula is C20H31N3O2. The summed E-state index contributed by atoms with van der Waals surface area (Å²) >= 11 is 0. The maximum atomic E-state index is 12.5. The van der Waals surface area contributed by atoms with Crippen molar-refractivity contribution >= 4 is 5.91 Å². The molecule has 0 unspecified atom stereocenters. The predicted molar refractivity (Wildman–Crippen MR) is 99.3 cm³/mol. The Bertz CT molecular complexity index is 531. The third-order valence-electron chi connectivity index (χ3n) is 5.35. The second kappa shape index (κ2) is 9.32. The second-order valence-corrected chi connectivity index (χ2v) is 7.26. The van der Waals surface area contributed by atoms with Crippen LogP contribution in [0.3, 0.4) is 0 Å². The van der Waals surface area contributed by atoms with E-state index in [1.54, 1.807) is 0 Å². The molecule has 0 aliphatic carbocycles. The minimum absolute atomic E-state index is 0.0808. The topological polar surface area (TPSA) is 53.6 Å². The molecule has 0 spiro atoms. The molecule has 2 aliphatic heterocycles. The van der Waals surface area contributed by atoms with Crippen LogP contribution in [0.25, 0.3) is 0 Å². The van der Waals surface area contributed by atoms with E-state index in [2.05, 4.69) is 39.8 Å². The first kappa shape index (κ1) is 18.4. The Labute approximate surface area is 151 Å². The van der Waals surface area contributed by atoms with Crippen molar-refractivity contribution in [3.63, 3.8) is 0 Å². The van der Waals surface area contributed by atoms with Gasteiger partial charge in [-0.2, -0.15) is 0 Å². The molecule has 5 heteroatoms. The molecule has 2 saturated heterocycles. The van der Waals surface area contributed by atoms with Gasteiger partial charge in [0, 0.05) is 32.3 Å². The van der Waals surface area contributed by atoms with Crippen LogP contribution in [0.1, 0.15) is 38.2 Å². The standard InChI is InChI=1S/C20H31N3O2/c1-16(20(24)22-14-19-10-6-12-25-19)23-11-5-9-18(15-23)21-13-17-7-3-2-4-8-17/h2-4,7-8,16,18-19,21H,5-6,9-15H2,1H3,(H,22,24)/t16-,18-,19-/m1/s1. The molecule has 2 aliphatic rings. The number of nitrogens with one attached hydrogen (secondary N) is 2. The highest BCUT2D eigenvalue weighted by Crippen LogP contribution is 2.15. The minimum atomic E-state index is -0.0808. The molecule has 2 N–H and O–H groups in total. The third-order valence-corrected chi connectivity index (χ3v) is 5.35. The van der Waals surface area contributed by atoms with Crippen molar-refractivity contribution in [2.75, 3.05) is 26.2 Å². The summed E-state index contributed by atoms with van der Waals surface area (Å²) in [7, 11) is 0. The highest BCUT2D eigenvalue weighted by Gasteiger charge is 2.27. The Kier molecular flexibility index (Phi) is 6.84. The van der Waals surface area contributed by atoms with Crippen molar-refractivity contribution < 1.29 is 9.53 Å². The first-order valence-corrected chi connectivity index (χ1v) is 9.63. The number of carbonyl (C=O) groups excluding carboxylic acids is 1. The van der Waals surface area contributed by atoms with Gasteiger partial charge in [0.05, 0.1) is 12.1 Å². The van der Waals surface area contributed by atoms with Crippen molar-refractivity contribution in [1.29, 1.82) is 0 Å². The molecule has 1 amide bonds. The number of rotatable bonds is 7. The predicted octanol–water partition coefficient (Wildman–Crippen LogP) is 1.92. The summed E-state index contributed by atoms with van der Waals surface area (Å²) < 4.78 is 5.58. The van der Waals surface area contributed by atoms with Gasteiger partial charge in [0.1, 0.15) is 0 Å². The number of benzene rings is 1. The van der Waals surface area contributed by atoms with Gasteiger partial charge in [0.2, 0.25) is 5.91 Å². The van der Waals surface area contributed by atoms with Crippen LogP contribution >= 0.6 is 0 Å². The van der Waals surface area contributed by atoms with Crippen LogP contribution < -0.4 is 10.6 Å². The van der Waals surface area contributed by atoms with Crippen molar-refractivity contribution in [1.82, 2.24) is 15.5 Å². The van der Waals surface area contributed by atoms with Crippen LogP contribution in [-0.2, 0) is 16.1 Å². The van der Waals surface area contributed by atoms with Gasteiger partial charge in [-0.15, -0.1) is 0 Å². The lowest BCUT2D eigenvalue weighted by Gasteiger charge is -2.36. The fourth-order valence-corrected chi connectivity index (χ4v) is 3.72. The molecule has 1 aromatic carbocycles. The molecule has 1 aromatic rings. The highest BCUT2D eigenvalue weighted by molar-refractivity contribution is 5.81. The Hall–Kier alpha value is -1.43. The molecule has 3 atom stereocenters. The van der Waals surface area contributed by atoms with Crippen molar-refractivity contribution in [2.45, 2.75) is 57.3 Å². The van der Waals surface area contributed by atoms with Gasteiger partial charge in [-0.1, -0.05) is 30.3 Å². The van der Waals surface area contributed by atoms with Gasteiger partial charge in [0.15, 0.2) is 0 Å². The first-order valence-electron chi connectivity index (χ1n) is 9.63. The largest absolute Gasteiger partial charge is 0.376 e. The quantitative estimate of drug-likeness (QED) is 0.793. The Balaban J connectivity index is 1.42. The molecule has 138 valence electrons. The summed E-state index contributed by atoms with van der Waals surface area (Å²) in [5.41, 5.74) is 1.31. The lowest BCUT2D eigenvalue weighted by Crippen LogP contribution is -2.53. The van der Waals surface area contributed by atoms with Crippen LogP contribution in [0.5, 0.6) is 0 Å². The fraction of sp³-hybridized carbons (Fsp3) is 0.650. The van der Waals surface area contributed by atoms with E-state index in [0.717, 1.165) is 45.5 Å². The summed E-state index contributed by atoms with van der Waals surface area (Å²) in [6.45, 7) is 6.31. The number of ether oxygens (including phenoxy) is 1. The van der Waals surface area contributed by atoms with Gasteiger partial charge in [0.25, 0.3) is 0 Å². The van der Waals surface area contributed by atoms with Crippen LogP contribution in [0, 0.1) is 0 Å². The van der Waals surface area contributed by atoms with Gasteiger partial charge in [-0.05, 0) is 44.7 Å². The fourth-order valence-electron chi connectivity index (χ4n) is 3.72. The Morgan fingerprint density at radius 3 is 2.88 bits per heavy atom. The average Bonchev–Trinajstić information content (AvgIpc) is 3.18. The number of carbonyl (C=O) groups is 1. The molecule has 3 rings (SSSR count). The zero-order chi connectivity index (χ0) is 17.5. The van der Waals surface area contributed by atoms with Gasteiger partial charge < -0.3 is 15.4 Å². The summed E-state index contributed by atoms with van der Waals surface area (Å²) in [6.07, 6.45) is 4.68. The Morgan fingerprint density at radius 1 is 1.28 bits per heavy atom. The highest BCUT2D eigenvalue weighted by atomic mass is 16.5. The summed E-state index contributed by atoms with van der Waals surface area (Å²) in [5.74, 6) is 0.124. The zero-order valence-electron chi connectivity index (χ0n) is 15.2. The maximum Gasteiger partial charge on any atom is 0.237 e. The zero-order valence-corrected chi connectivity index (χ0v) is 15.2. The monoisotopic (exact) mass is 345 g/mol. The average molecular weight is 345 g/mol. The van der Waals surface area contributed by atoms with Crippen molar-refractivity contribution in [3.05, 3.63) is 35.9 Å². The van der Waals surface area contributed by atoms with E-state index in [0.29, 0.717) is 12.6 Å². The summed E-state index contributed by atoms with van der Waals surface area (Å²) in [4.78, 5) is 14.8. The SMILES string of the molecule is C[C@H](C(=O)NC[C@H]1CCCO1)N1CCC[C@@H](NCc2ccccc2)C1. The van der Waals surface area contributed by atoms with Crippen LogP contribution in [0.2, 0.25) is 0 Å². The molecule has 2 heterocycles. The number of nitrogens with zero attached hydrogens (tertiary/aromatic N) is 1. The molecular weight excluding hydrogens is 314 g/mol. The molecule has 0 aromatic heterocycles. The van der Waals surface area contributed by atoms with Crippen molar-refractivity contribution in [2.24, 2.45) is 0 Å². The van der Waals surface area contributed by atoms with Crippen molar-refractivity contribution in [3.8, 4) is 0 Å². The Morgan fingerprint density at radius 2 is 2.12 bits per heavy atom. The van der Waals surface area contributed by atoms with E-state index in [9.17, 15) is 4.79 Å². The van der Waals surface area contributed by atoms with E-state index in [1.165, 1.54) is 12.0 Å². The van der Waals surface area contributed by atoms with Crippen LogP contribution in [0.15, 0.2) is 30.3 Å². The minimum Gasteiger partial charge on any atom is -0.376 e. The molecule has 5 nitrogen and oxygen atoms in total. The molecule has 0 bridgehead atoms. The van der Waals surface area contributed by atoms with Gasteiger partial charge in [-0.3, -0.25) is 9.69 Å². The number of likely N-dealkylation sites (tertiary alicyclic amines) is 1. The first-order chi connectivity index (χ1) is 12.2. The van der Waals surface area contributed by atoms with E-state index in [1.807, 2.05) is 13.0 Å². The number of amides is 1. The van der Waals surface area contributed by atoms with Crippen LogP contribution in [-0.4, -0.2) is 55.2 Å². The third kappa shape index (κ3) is 5.53. The lowest BCUT2D eigenvalue weighted by molar-refractivity contribution is -0.126. The van der Waals surface area contributed by atoms with Crippen LogP contribution in [0.4, 0.5) is 0 Å². The second-order valence-electron chi connectivity index (χ2n) is 7.26. The number of hydrogen-bond acceptors (Lipinski definition) is 4.